The van der Waals surface area contributed by atoms with E-state index in [4.69, 9.17) is 9.79 Å². The standard InChI is InChI=1S/C4H10IO4P/c5-3-1-2-4-9-10(6,7)8/h1-4H2,(H2,6,7,8). The van der Waals surface area contributed by atoms with E-state index in [-0.39, 0.29) is 6.61 Å². The zero-order chi connectivity index (χ0) is 8.04. The number of hydrogen-bond acceptors (Lipinski definition) is 2. The highest BCUT2D eigenvalue weighted by molar-refractivity contribution is 14.1. The van der Waals surface area contributed by atoms with E-state index in [0.717, 1.165) is 10.8 Å². The average molecular weight is 280 g/mol. The van der Waals surface area contributed by atoms with Crippen molar-refractivity contribution in [1.29, 1.82) is 0 Å². The van der Waals surface area contributed by atoms with Crippen molar-refractivity contribution in [1.82, 2.24) is 0 Å². The summed E-state index contributed by atoms with van der Waals surface area (Å²) in [5, 5.41) is 0. The Balaban J connectivity index is 3.13. The lowest BCUT2D eigenvalue weighted by Crippen LogP contribution is -1.91. The van der Waals surface area contributed by atoms with Crippen LogP contribution in [-0.2, 0) is 9.09 Å². The number of halogens is 1. The summed E-state index contributed by atoms with van der Waals surface area (Å²) >= 11 is 2.20. The van der Waals surface area contributed by atoms with E-state index in [9.17, 15) is 4.57 Å². The zero-order valence-corrected chi connectivity index (χ0v) is 8.42. The zero-order valence-electron chi connectivity index (χ0n) is 5.36. The largest absolute Gasteiger partial charge is 0.469 e. The van der Waals surface area contributed by atoms with Gasteiger partial charge in [-0.2, -0.15) is 0 Å². The molecule has 0 aliphatic rings. The average Bonchev–Trinajstić information content (AvgIpc) is 1.78. The van der Waals surface area contributed by atoms with Gasteiger partial charge < -0.3 is 9.79 Å². The molecule has 0 radical (unpaired) electrons. The molecule has 0 atom stereocenters. The molecule has 10 heavy (non-hydrogen) atoms. The van der Waals surface area contributed by atoms with Crippen LogP contribution in [0.4, 0.5) is 0 Å². The summed E-state index contributed by atoms with van der Waals surface area (Å²) in [6.45, 7) is 0.146. The minimum Gasteiger partial charge on any atom is -0.303 e. The predicted octanol–water partition coefficient (Wildman–Crippen LogP) is 1.31. The van der Waals surface area contributed by atoms with Gasteiger partial charge in [0.25, 0.3) is 0 Å². The molecule has 0 unspecified atom stereocenters. The molecule has 6 heteroatoms. The van der Waals surface area contributed by atoms with Crippen molar-refractivity contribution in [2.75, 3.05) is 11.0 Å². The molecule has 0 amide bonds. The Morgan fingerprint density at radius 3 is 2.40 bits per heavy atom. The Labute approximate surface area is 73.3 Å². The summed E-state index contributed by atoms with van der Waals surface area (Å²) in [5.41, 5.74) is 0. The summed E-state index contributed by atoms with van der Waals surface area (Å²) in [7, 11) is -4.21. The normalized spacial score (nSPS) is 11.9. The lowest BCUT2D eigenvalue weighted by atomic mass is 10.4. The quantitative estimate of drug-likeness (QED) is 0.345. The number of alkyl halides is 1. The van der Waals surface area contributed by atoms with Gasteiger partial charge >= 0.3 is 7.82 Å². The van der Waals surface area contributed by atoms with E-state index in [0.29, 0.717) is 6.42 Å². The second kappa shape index (κ2) is 5.49. The van der Waals surface area contributed by atoms with Crippen molar-refractivity contribution in [3.63, 3.8) is 0 Å². The van der Waals surface area contributed by atoms with Crippen LogP contribution in [0.15, 0.2) is 0 Å². The maximum absolute atomic E-state index is 10.1. The fourth-order valence-electron chi connectivity index (χ4n) is 0.380. The highest BCUT2D eigenvalue weighted by Gasteiger charge is 2.11. The van der Waals surface area contributed by atoms with Crippen LogP contribution in [-0.4, -0.2) is 20.8 Å². The molecular weight excluding hydrogens is 270 g/mol. The predicted molar refractivity (Wildman–Crippen MR) is 46.1 cm³/mol. The Morgan fingerprint density at radius 2 is 2.00 bits per heavy atom. The Hall–Kier alpha value is 0.840. The Kier molecular flexibility index (Phi) is 5.95. The van der Waals surface area contributed by atoms with E-state index in [2.05, 4.69) is 27.1 Å². The van der Waals surface area contributed by atoms with Crippen LogP contribution in [0.5, 0.6) is 0 Å². The van der Waals surface area contributed by atoms with Crippen LogP contribution in [0.2, 0.25) is 0 Å². The molecule has 0 saturated heterocycles. The molecule has 2 N–H and O–H groups in total. The van der Waals surface area contributed by atoms with Crippen LogP contribution in [0.25, 0.3) is 0 Å². The third-order valence-corrected chi connectivity index (χ3v) is 2.07. The first-order chi connectivity index (χ1) is 4.56. The highest BCUT2D eigenvalue weighted by atomic mass is 127. The van der Waals surface area contributed by atoms with Gasteiger partial charge in [-0.25, -0.2) is 4.57 Å². The second-order valence-corrected chi connectivity index (χ2v) is 4.04. The van der Waals surface area contributed by atoms with E-state index in [1.807, 2.05) is 0 Å². The highest BCUT2D eigenvalue weighted by Crippen LogP contribution is 2.35. The summed E-state index contributed by atoms with van der Waals surface area (Å²) < 4.78 is 15.2. The minimum atomic E-state index is -4.21. The van der Waals surface area contributed by atoms with Gasteiger partial charge in [0.2, 0.25) is 0 Å². The van der Waals surface area contributed by atoms with E-state index >= 15 is 0 Å². The molecule has 0 saturated carbocycles. The van der Waals surface area contributed by atoms with Gasteiger partial charge in [-0.1, -0.05) is 22.6 Å². The lowest BCUT2D eigenvalue weighted by molar-refractivity contribution is 0.195. The molecule has 0 rings (SSSR count). The maximum atomic E-state index is 10.1. The van der Waals surface area contributed by atoms with Gasteiger partial charge in [0.1, 0.15) is 0 Å². The number of phosphoric acid groups is 1. The third kappa shape index (κ3) is 8.84. The van der Waals surface area contributed by atoms with E-state index < -0.39 is 7.82 Å². The first-order valence-electron chi connectivity index (χ1n) is 2.82. The van der Waals surface area contributed by atoms with Crippen molar-refractivity contribution in [3.05, 3.63) is 0 Å². The summed E-state index contributed by atoms with van der Waals surface area (Å²) in [6, 6.07) is 0. The molecule has 0 aromatic heterocycles. The van der Waals surface area contributed by atoms with Gasteiger partial charge in [-0.15, -0.1) is 0 Å². The smallest absolute Gasteiger partial charge is 0.303 e. The Bertz CT molecular complexity index is 122. The van der Waals surface area contributed by atoms with Crippen LogP contribution in [0.1, 0.15) is 12.8 Å². The SMILES string of the molecule is O=P(O)(O)OCCCCI. The molecular formula is C4H10IO4P. The molecule has 4 nitrogen and oxygen atoms in total. The van der Waals surface area contributed by atoms with Gasteiger partial charge in [0, 0.05) is 0 Å². The van der Waals surface area contributed by atoms with E-state index in [1.165, 1.54) is 0 Å². The maximum Gasteiger partial charge on any atom is 0.469 e. The summed E-state index contributed by atoms with van der Waals surface area (Å²) in [4.78, 5) is 16.4. The molecule has 0 aliphatic carbocycles. The Morgan fingerprint density at radius 1 is 1.40 bits per heavy atom. The van der Waals surface area contributed by atoms with Gasteiger partial charge in [0.15, 0.2) is 0 Å². The van der Waals surface area contributed by atoms with Crippen LogP contribution in [0.3, 0.4) is 0 Å². The van der Waals surface area contributed by atoms with Crippen molar-refractivity contribution in [2.24, 2.45) is 0 Å². The molecule has 0 aromatic carbocycles. The number of rotatable bonds is 5. The second-order valence-electron chi connectivity index (χ2n) is 1.72. The molecule has 0 spiro atoms. The summed E-state index contributed by atoms with van der Waals surface area (Å²) in [6.07, 6.45) is 1.63. The van der Waals surface area contributed by atoms with Crippen LogP contribution in [0, 0.1) is 0 Å². The molecule has 0 heterocycles. The van der Waals surface area contributed by atoms with Crippen molar-refractivity contribution < 1.29 is 18.9 Å². The van der Waals surface area contributed by atoms with Gasteiger partial charge in [0.05, 0.1) is 6.61 Å². The minimum absolute atomic E-state index is 0.146. The van der Waals surface area contributed by atoms with Gasteiger partial charge in [-0.3, -0.25) is 4.52 Å². The first-order valence-corrected chi connectivity index (χ1v) is 5.88. The number of unbranched alkanes of at least 4 members (excludes halogenated alkanes) is 1. The molecule has 0 aliphatic heterocycles. The topological polar surface area (TPSA) is 66.8 Å². The fraction of sp³-hybridized carbons (Fsp3) is 1.00. The van der Waals surface area contributed by atoms with Crippen LogP contribution >= 0.6 is 30.4 Å². The monoisotopic (exact) mass is 280 g/mol. The molecule has 0 fully saturated rings. The molecule has 0 aromatic rings. The number of phosphoric ester groups is 1. The molecule has 0 bridgehead atoms. The van der Waals surface area contributed by atoms with Crippen molar-refractivity contribution in [2.45, 2.75) is 12.8 Å². The third-order valence-electron chi connectivity index (χ3n) is 0.787. The van der Waals surface area contributed by atoms with E-state index in [1.54, 1.807) is 0 Å². The number of hydrogen-bond donors (Lipinski definition) is 2. The summed E-state index contributed by atoms with van der Waals surface area (Å²) in [5.74, 6) is 0. The lowest BCUT2D eigenvalue weighted by Gasteiger charge is -2.02. The van der Waals surface area contributed by atoms with Crippen LogP contribution < -0.4 is 0 Å². The molecule has 62 valence electrons. The fourth-order valence-corrected chi connectivity index (χ4v) is 1.29. The van der Waals surface area contributed by atoms with Gasteiger partial charge in [-0.05, 0) is 17.3 Å². The first kappa shape index (κ1) is 10.8. The van der Waals surface area contributed by atoms with Crippen molar-refractivity contribution >= 4 is 30.4 Å². The van der Waals surface area contributed by atoms with Crippen molar-refractivity contribution in [3.8, 4) is 0 Å².